The number of fused-ring (bicyclic) bond motifs is 11. The number of hydrogen-bond donors (Lipinski definition) is 3. The van der Waals surface area contributed by atoms with Crippen molar-refractivity contribution in [2.45, 2.75) is 69.4 Å². The Kier molecular flexibility index (Phi) is 28.6. The summed E-state index contributed by atoms with van der Waals surface area (Å²) in [7, 11) is -0.157. The number of aromatic nitrogens is 5. The molecule has 0 bridgehead atoms. The zero-order valence-electron chi connectivity index (χ0n) is 73.2. The van der Waals surface area contributed by atoms with Crippen molar-refractivity contribution < 1.29 is 46.4 Å². The summed E-state index contributed by atoms with van der Waals surface area (Å²) < 4.78 is 53.2. The van der Waals surface area contributed by atoms with Crippen LogP contribution >= 0.6 is 78.6 Å². The molecule has 3 N–H and O–H groups in total. The molecule has 1 atom stereocenters. The molecule has 21 aromatic rings. The Morgan fingerprint density at radius 2 is 0.813 bits per heavy atom. The predicted octanol–water partition coefficient (Wildman–Crippen LogP) is 21.5. The number of nitrogens with zero attached hydrogens (tertiary/aromatic N) is 5. The van der Waals surface area contributed by atoms with Gasteiger partial charge in [-0.1, -0.05) is 229 Å². The normalized spacial score (nSPS) is 11.4. The van der Waals surface area contributed by atoms with Crippen LogP contribution in [0.15, 0.2) is 430 Å². The van der Waals surface area contributed by atoms with Crippen LogP contribution in [0.25, 0.3) is 93.2 Å². The summed E-state index contributed by atoms with van der Waals surface area (Å²) in [5.74, 6) is -0.0798. The van der Waals surface area contributed by atoms with E-state index in [2.05, 4.69) is 31.9 Å². The van der Waals surface area contributed by atoms with Crippen LogP contribution in [0.2, 0.25) is 10.0 Å². The minimum Gasteiger partial charge on any atom is -0.507 e. The van der Waals surface area contributed by atoms with Crippen LogP contribution in [-0.2, 0) is 37.0 Å². The fourth-order valence-corrected chi connectivity index (χ4v) is 20.2. The van der Waals surface area contributed by atoms with Crippen LogP contribution in [0.4, 0.5) is 0 Å². The van der Waals surface area contributed by atoms with Crippen molar-refractivity contribution in [3.63, 3.8) is 0 Å². The second kappa shape index (κ2) is 41.7. The Bertz CT molecular complexity index is 9100. The van der Waals surface area contributed by atoms with Crippen LogP contribution < -0.4 is 60.7 Å². The Morgan fingerprint density at radius 3 is 1.36 bits per heavy atom. The molecule has 0 fully saturated rings. The minimum absolute atomic E-state index is 0.0322. The van der Waals surface area contributed by atoms with E-state index >= 15 is 0 Å². The summed E-state index contributed by atoms with van der Waals surface area (Å²) in [6.45, 7) is 4.81. The van der Waals surface area contributed by atoms with Crippen LogP contribution in [0, 0.1) is 13.8 Å². The first-order chi connectivity index (χ1) is 67.2. The lowest BCUT2D eigenvalue weighted by Gasteiger charge is -2.15. The van der Waals surface area contributed by atoms with Gasteiger partial charge in [-0.15, -0.1) is 0 Å². The van der Waals surface area contributed by atoms with Gasteiger partial charge in [0.2, 0.25) is 0 Å². The topological polar surface area (TPSA) is 348 Å². The Labute approximate surface area is 822 Å². The third-order valence-corrected chi connectivity index (χ3v) is 28.4. The first kappa shape index (κ1) is 95.3. The highest BCUT2D eigenvalue weighted by molar-refractivity contribution is 9.10. The summed E-state index contributed by atoms with van der Waals surface area (Å²) in [5.41, 5.74) is 3.54. The Balaban J connectivity index is 0.000000121. The molecule has 10 heterocycles. The quantitative estimate of drug-likeness (QED) is 0.0756. The maximum Gasteiger partial charge on any atom is 0.354 e. The Morgan fingerprint density at radius 1 is 0.367 bits per heavy atom. The van der Waals surface area contributed by atoms with Gasteiger partial charge in [0.15, 0.2) is 22.5 Å². The molecule has 11 aromatic carbocycles. The molecule has 0 amide bonds. The zero-order chi connectivity index (χ0) is 97.6. The third kappa shape index (κ3) is 20.1. The van der Waals surface area contributed by atoms with E-state index < -0.39 is 61.5 Å². The standard InChI is InChI=1S/C25H16BrNO3S.2C25H17NO4S.C16H12BrNO5.C16H11Cl2NO4/c26-21-23(31-17-11-5-2-6-12-17)20-22(30-25(21)29)18-13-7-8-14-19(18)27(24(20)28)15-16-9-3-1-4-10-16;27-22-15-21(31(29)18-11-5-2-6-12-18)23-24(30-22)19-13-7-8-14-20(19)26(25(23)28)16-17-9-3-1-4-10-17;27-19-12-6-7-13-20(19)31-21-14-22(28)30-24-17-10-4-5-11-18(17)26(25(29)23(21)24)15-16-8-2-1-3-9-16;1-8-7-11-12(14(19)13(17)16(21)23-11)15(20)18(8)9-3-5-10(22-2)6-4-9;1-8-4-13-15(12(20)6-14(21)23-13)16(22)19(8)7-9-2-3-10(17)11(18)5-9/h1-14H,15H2;1-15H,16H2;1-14,27H,15H2;3-7,19H,1-2H3;2-6,20H,7H2,1H3. The van der Waals surface area contributed by atoms with Crippen LogP contribution in [0.1, 0.15) is 33.6 Å². The van der Waals surface area contributed by atoms with E-state index in [1.54, 1.807) is 132 Å². The monoisotopic (exact) mass is 2070 g/mol. The van der Waals surface area contributed by atoms with Crippen LogP contribution in [0.5, 0.6) is 23.0 Å². The summed E-state index contributed by atoms with van der Waals surface area (Å²) in [6.07, 6.45) is 0. The van der Waals surface area contributed by atoms with Crippen molar-refractivity contribution >= 4 is 177 Å². The molecule has 0 aliphatic rings. The number of para-hydroxylation sites is 4. The van der Waals surface area contributed by atoms with Gasteiger partial charge in [-0.25, -0.2) is 28.2 Å². The molecule has 139 heavy (non-hydrogen) atoms. The number of halogens is 4. The van der Waals surface area contributed by atoms with Gasteiger partial charge in [0.05, 0.1) is 102 Å². The predicted molar refractivity (Wildman–Crippen MR) is 548 cm³/mol. The lowest BCUT2D eigenvalue weighted by molar-refractivity contribution is 0.414. The van der Waals surface area contributed by atoms with Crippen molar-refractivity contribution in [3.8, 4) is 28.7 Å². The first-order valence-corrected chi connectivity index (χ1v) is 47.6. The van der Waals surface area contributed by atoms with Gasteiger partial charge in [0.1, 0.15) is 53.5 Å². The molecule has 0 aliphatic heterocycles. The maximum absolute atomic E-state index is 13.8. The molecular weight excluding hydrogens is 2000 g/mol. The van der Waals surface area contributed by atoms with Crippen LogP contribution in [-0.4, -0.2) is 49.5 Å². The number of aryl methyl sites for hydroxylation is 2. The van der Waals surface area contributed by atoms with E-state index in [-0.39, 0.29) is 81.3 Å². The minimum atomic E-state index is -1.71. The number of aromatic hydroxyl groups is 3. The van der Waals surface area contributed by atoms with Gasteiger partial charge in [0, 0.05) is 72.2 Å². The van der Waals surface area contributed by atoms with Gasteiger partial charge in [-0.2, -0.15) is 0 Å². The summed E-state index contributed by atoms with van der Waals surface area (Å²) in [5, 5.41) is 33.9. The van der Waals surface area contributed by atoms with Crippen molar-refractivity contribution in [1.82, 2.24) is 22.8 Å². The van der Waals surface area contributed by atoms with Crippen LogP contribution in [0.3, 0.4) is 0 Å². The average Bonchev–Trinajstić information content (AvgIpc) is 0.743. The van der Waals surface area contributed by atoms with Gasteiger partial charge in [0.25, 0.3) is 27.8 Å². The molecule has 0 aliphatic carbocycles. The highest BCUT2D eigenvalue weighted by atomic mass is 79.9. The fourth-order valence-electron chi connectivity index (χ4n) is 15.9. The van der Waals surface area contributed by atoms with Gasteiger partial charge >= 0.3 is 28.1 Å². The second-order valence-corrected chi connectivity index (χ2v) is 37.3. The zero-order valence-corrected chi connectivity index (χ0v) is 80.3. The summed E-state index contributed by atoms with van der Waals surface area (Å²) in [6, 6.07) is 95.1. The molecule has 25 nitrogen and oxygen atoms in total. The number of ether oxygens (including phenoxy) is 1. The van der Waals surface area contributed by atoms with Gasteiger partial charge < -0.3 is 60.4 Å². The van der Waals surface area contributed by atoms with Crippen molar-refractivity contribution in [2.75, 3.05) is 7.11 Å². The average molecular weight is 2080 g/mol. The third-order valence-electron chi connectivity index (χ3n) is 22.4. The molecule has 32 heteroatoms. The summed E-state index contributed by atoms with van der Waals surface area (Å²) in [4.78, 5) is 130. The lowest BCUT2D eigenvalue weighted by Crippen LogP contribution is -2.23. The number of methoxy groups -OCH3 is 1. The summed E-state index contributed by atoms with van der Waals surface area (Å²) >= 11 is 20.7. The molecular formula is C107H73Br2Cl2N5O20S3. The second-order valence-electron chi connectivity index (χ2n) is 31.3. The largest absolute Gasteiger partial charge is 0.507 e. The SMILES string of the molecule is COc1ccc(-n2c(C)cc3oc(=O)c(Br)c(O)c3c2=O)cc1.Cc1cc2oc(=O)cc(O)c2c(=O)n1Cc1ccc(Cl)c(Cl)c1.O=c1cc(S(=O)c2ccccc2)c2c(=O)n(Cc3ccccc3)c3ccccc3c2o1.O=c1cc(Sc2ccccc2O)c2c(=O)n(Cc3ccccc3)c3ccccc3c2o1.O=c1oc2c(c(Sc3ccccc3)c1Br)c(=O)n(Cc1ccccc1)c1ccccc21. The number of phenolic OH excluding ortho intramolecular Hbond substituents is 1. The lowest BCUT2D eigenvalue weighted by atomic mass is 10.1. The van der Waals surface area contributed by atoms with E-state index in [1.807, 2.05) is 194 Å². The molecule has 0 radical (unpaired) electrons. The molecule has 10 aromatic heterocycles. The number of benzene rings is 11. The molecule has 21 rings (SSSR count). The van der Waals surface area contributed by atoms with E-state index in [0.717, 1.165) is 50.2 Å². The number of hydrogen-bond acceptors (Lipinski definition) is 22. The molecule has 0 saturated heterocycles. The van der Waals surface area contributed by atoms with E-state index in [9.17, 15) is 67.5 Å². The molecule has 0 saturated carbocycles. The highest BCUT2D eigenvalue weighted by Gasteiger charge is 2.27. The van der Waals surface area contributed by atoms with E-state index in [4.69, 9.17) is 50.0 Å². The number of phenols is 1. The van der Waals surface area contributed by atoms with Gasteiger partial charge in [-0.05, 0) is 177 Å². The van der Waals surface area contributed by atoms with E-state index in [1.165, 1.54) is 50.9 Å². The first-order valence-electron chi connectivity index (χ1n) is 42.5. The fraction of sp³-hybridized carbons (Fsp3) is 0.0654. The van der Waals surface area contributed by atoms with Crippen molar-refractivity contribution in [3.05, 3.63) is 478 Å². The highest BCUT2D eigenvalue weighted by Crippen LogP contribution is 2.41. The molecule has 692 valence electrons. The Hall–Kier alpha value is -15.4. The van der Waals surface area contributed by atoms with Gasteiger partial charge in [-0.3, -0.25) is 28.5 Å². The van der Waals surface area contributed by atoms with Crippen molar-refractivity contribution in [2.24, 2.45) is 0 Å². The van der Waals surface area contributed by atoms with E-state index in [0.29, 0.717) is 110 Å². The molecule has 0 spiro atoms. The smallest absolute Gasteiger partial charge is 0.354 e. The van der Waals surface area contributed by atoms with Crippen molar-refractivity contribution in [1.29, 1.82) is 0 Å². The number of pyridine rings is 5. The maximum atomic E-state index is 13.8. The number of rotatable bonds is 16. The molecule has 1 unspecified atom stereocenters.